The van der Waals surface area contributed by atoms with E-state index in [0.29, 0.717) is 6.07 Å². The van der Waals surface area contributed by atoms with Crippen LogP contribution in [-0.4, -0.2) is 24.7 Å². The van der Waals surface area contributed by atoms with E-state index in [0.717, 1.165) is 6.92 Å². The number of sulfonamides is 1. The van der Waals surface area contributed by atoms with Gasteiger partial charge in [-0.3, -0.25) is 10.1 Å². The first-order valence-corrected chi connectivity index (χ1v) is 5.91. The van der Waals surface area contributed by atoms with Crippen LogP contribution >= 0.6 is 0 Å². The summed E-state index contributed by atoms with van der Waals surface area (Å²) in [6.45, 7) is 0.988. The van der Waals surface area contributed by atoms with Gasteiger partial charge in [0, 0.05) is 0 Å². The molecule has 19 heavy (non-hydrogen) atoms. The number of aromatic nitrogens is 1. The lowest BCUT2D eigenvalue weighted by molar-refractivity contribution is -0.386. The minimum Gasteiger partial charge on any atom is -0.388 e. The summed E-state index contributed by atoms with van der Waals surface area (Å²) in [6, 6.07) is 0.359. The fraction of sp³-hybridized carbons (Fsp3) is 0.286. The zero-order valence-electron chi connectivity index (χ0n) is 9.13. The van der Waals surface area contributed by atoms with Crippen LogP contribution in [0.4, 0.5) is 18.9 Å². The monoisotopic (exact) mass is 301 g/mol. The summed E-state index contributed by atoms with van der Waals surface area (Å²) in [6.07, 6.45) is -5.17. The van der Waals surface area contributed by atoms with E-state index in [9.17, 15) is 31.7 Å². The number of primary sulfonamides is 1. The molecule has 1 rings (SSSR count). The fourth-order valence-electron chi connectivity index (χ4n) is 1.19. The summed E-state index contributed by atoms with van der Waals surface area (Å²) < 4.78 is 61.5. The van der Waals surface area contributed by atoms with E-state index in [1.807, 2.05) is 0 Å². The van der Waals surface area contributed by atoms with Crippen LogP contribution in [0.25, 0.3) is 0 Å². The highest BCUT2D eigenvalue weighted by molar-refractivity contribution is 7.89. The Morgan fingerprint density at radius 3 is 2.37 bits per heavy atom. The lowest BCUT2D eigenvalue weighted by atomic mass is 10.2. The molecule has 0 aliphatic carbocycles. The second-order valence-electron chi connectivity index (χ2n) is 3.26. The van der Waals surface area contributed by atoms with E-state index in [1.165, 1.54) is 0 Å². The first-order chi connectivity index (χ1) is 8.42. The van der Waals surface area contributed by atoms with Crippen molar-refractivity contribution in [2.75, 3.05) is 0 Å². The van der Waals surface area contributed by atoms with Crippen LogP contribution in [-0.2, 0) is 10.0 Å². The molecule has 0 saturated heterocycles. The van der Waals surface area contributed by atoms with Crippen LogP contribution in [0.1, 0.15) is 5.56 Å². The SMILES string of the molecule is Cc1c([N+](=O)[O-])cc(OC(F)(F)F)nc1S(N)(=O)=O. The van der Waals surface area contributed by atoms with E-state index in [-0.39, 0.29) is 0 Å². The van der Waals surface area contributed by atoms with Gasteiger partial charge in [0.25, 0.3) is 15.7 Å². The maximum Gasteiger partial charge on any atom is 0.574 e. The number of hydrogen-bond acceptors (Lipinski definition) is 6. The van der Waals surface area contributed by atoms with E-state index in [2.05, 4.69) is 9.72 Å². The zero-order valence-corrected chi connectivity index (χ0v) is 9.95. The molecular weight excluding hydrogens is 295 g/mol. The third kappa shape index (κ3) is 3.75. The molecule has 0 unspecified atom stereocenters. The molecule has 0 spiro atoms. The third-order valence-electron chi connectivity index (χ3n) is 1.86. The number of nitrogens with zero attached hydrogens (tertiary/aromatic N) is 2. The molecule has 0 saturated carbocycles. The second kappa shape index (κ2) is 4.62. The number of alkyl halides is 3. The van der Waals surface area contributed by atoms with Crippen LogP contribution in [0, 0.1) is 17.0 Å². The van der Waals surface area contributed by atoms with E-state index >= 15 is 0 Å². The number of rotatable bonds is 3. The molecule has 0 fully saturated rings. The molecule has 8 nitrogen and oxygen atoms in total. The van der Waals surface area contributed by atoms with Crippen molar-refractivity contribution >= 4 is 15.7 Å². The van der Waals surface area contributed by atoms with Gasteiger partial charge in [-0.2, -0.15) is 4.98 Å². The lowest BCUT2D eigenvalue weighted by Crippen LogP contribution is -2.21. The zero-order chi connectivity index (χ0) is 15.0. The molecule has 1 aromatic rings. The molecule has 2 N–H and O–H groups in total. The normalized spacial score (nSPS) is 12.3. The van der Waals surface area contributed by atoms with Gasteiger partial charge in [-0.1, -0.05) is 0 Å². The molecule has 0 amide bonds. The summed E-state index contributed by atoms with van der Waals surface area (Å²) in [4.78, 5) is 12.6. The van der Waals surface area contributed by atoms with Crippen LogP contribution < -0.4 is 9.88 Å². The standard InChI is InChI=1S/C7H6F3N3O5S/c1-3-4(13(14)15)2-5(18-7(8,9)10)12-6(3)19(11,16)17/h2H,1H3,(H2,11,16,17). The third-order valence-corrected chi connectivity index (χ3v) is 2.80. The van der Waals surface area contributed by atoms with Crippen molar-refractivity contribution in [1.29, 1.82) is 0 Å². The molecule has 0 aromatic carbocycles. The Hall–Kier alpha value is -1.95. The smallest absolute Gasteiger partial charge is 0.388 e. The summed E-state index contributed by atoms with van der Waals surface area (Å²) >= 11 is 0. The first kappa shape index (κ1) is 15.1. The average Bonchev–Trinajstić information content (AvgIpc) is 2.16. The molecule has 0 radical (unpaired) electrons. The van der Waals surface area contributed by atoms with Crippen LogP contribution in [0.3, 0.4) is 0 Å². The Morgan fingerprint density at radius 2 is 2.00 bits per heavy atom. The molecule has 1 heterocycles. The first-order valence-electron chi connectivity index (χ1n) is 4.36. The molecule has 0 bridgehead atoms. The van der Waals surface area contributed by atoms with Crippen LogP contribution in [0.5, 0.6) is 5.88 Å². The highest BCUT2D eigenvalue weighted by Gasteiger charge is 2.34. The van der Waals surface area contributed by atoms with Crippen molar-refractivity contribution in [3.8, 4) is 5.88 Å². The van der Waals surface area contributed by atoms with Gasteiger partial charge in [0.05, 0.1) is 16.6 Å². The van der Waals surface area contributed by atoms with Crippen molar-refractivity contribution in [3.63, 3.8) is 0 Å². The minimum absolute atomic E-state index is 0.359. The van der Waals surface area contributed by atoms with Crippen LogP contribution in [0.15, 0.2) is 11.1 Å². The van der Waals surface area contributed by atoms with Crippen LogP contribution in [0.2, 0.25) is 0 Å². The van der Waals surface area contributed by atoms with Crippen molar-refractivity contribution < 1.29 is 31.2 Å². The second-order valence-corrected chi connectivity index (χ2v) is 4.74. The van der Waals surface area contributed by atoms with Gasteiger partial charge in [-0.25, -0.2) is 13.6 Å². The predicted molar refractivity (Wildman–Crippen MR) is 53.7 cm³/mol. The highest BCUT2D eigenvalue weighted by Crippen LogP contribution is 2.30. The highest BCUT2D eigenvalue weighted by atomic mass is 32.2. The van der Waals surface area contributed by atoms with Crippen molar-refractivity contribution in [2.24, 2.45) is 5.14 Å². The topological polar surface area (TPSA) is 125 Å². The molecule has 0 aliphatic rings. The van der Waals surface area contributed by atoms with Gasteiger partial charge in [-0.05, 0) is 6.92 Å². The number of halogens is 3. The van der Waals surface area contributed by atoms with Crippen molar-refractivity contribution in [1.82, 2.24) is 4.98 Å². The van der Waals surface area contributed by atoms with E-state index < -0.39 is 43.5 Å². The molecule has 0 atom stereocenters. The van der Waals surface area contributed by atoms with Gasteiger partial charge in [-0.15, -0.1) is 13.2 Å². The molecule has 12 heteroatoms. The van der Waals surface area contributed by atoms with Gasteiger partial charge < -0.3 is 4.74 Å². The van der Waals surface area contributed by atoms with Gasteiger partial charge in [0.2, 0.25) is 5.88 Å². The Bertz CT molecular complexity index is 628. The maximum atomic E-state index is 12.0. The lowest BCUT2D eigenvalue weighted by Gasteiger charge is -2.10. The maximum absolute atomic E-state index is 12.0. The largest absolute Gasteiger partial charge is 0.574 e. The number of nitro groups is 1. The summed E-state index contributed by atoms with van der Waals surface area (Å²) in [5, 5.41) is 14.3. The average molecular weight is 301 g/mol. The van der Waals surface area contributed by atoms with Gasteiger partial charge >= 0.3 is 6.36 Å². The van der Waals surface area contributed by atoms with Crippen molar-refractivity contribution in [3.05, 3.63) is 21.7 Å². The fourth-order valence-corrected chi connectivity index (χ4v) is 1.94. The number of nitrogens with two attached hydrogens (primary N) is 1. The minimum atomic E-state index is -5.17. The van der Waals surface area contributed by atoms with Gasteiger partial charge in [0.15, 0.2) is 5.03 Å². The van der Waals surface area contributed by atoms with Gasteiger partial charge in [0.1, 0.15) is 0 Å². The summed E-state index contributed by atoms with van der Waals surface area (Å²) in [5.41, 5.74) is -1.39. The number of ether oxygens (including phenoxy) is 1. The summed E-state index contributed by atoms with van der Waals surface area (Å²) in [7, 11) is -4.53. The predicted octanol–water partition coefficient (Wildman–Crippen LogP) is 0.844. The van der Waals surface area contributed by atoms with Crippen molar-refractivity contribution in [2.45, 2.75) is 18.3 Å². The van der Waals surface area contributed by atoms with E-state index in [1.54, 1.807) is 0 Å². The van der Waals surface area contributed by atoms with E-state index in [4.69, 9.17) is 5.14 Å². The molecule has 106 valence electrons. The molecule has 0 aliphatic heterocycles. The Balaban J connectivity index is 3.54. The number of hydrogen-bond donors (Lipinski definition) is 1. The Labute approximate surface area is 104 Å². The molecular formula is C7H6F3N3O5S. The number of pyridine rings is 1. The summed E-state index contributed by atoms with van der Waals surface area (Å²) in [5.74, 6) is -1.28. The molecule has 1 aromatic heterocycles. The quantitative estimate of drug-likeness (QED) is 0.651. The Kier molecular flexibility index (Phi) is 3.67. The Morgan fingerprint density at radius 1 is 1.47 bits per heavy atom.